The highest BCUT2D eigenvalue weighted by Gasteiger charge is 2.45. The fourth-order valence-corrected chi connectivity index (χ4v) is 5.16. The molecule has 6 nitrogen and oxygen atoms in total. The van der Waals surface area contributed by atoms with Gasteiger partial charge in [-0.2, -0.15) is 0 Å². The van der Waals surface area contributed by atoms with Crippen molar-refractivity contribution >= 4 is 22.8 Å². The maximum atomic E-state index is 15.3. The van der Waals surface area contributed by atoms with Gasteiger partial charge >= 0.3 is 0 Å². The molecular formula is C27H23F2N5O. The van der Waals surface area contributed by atoms with E-state index in [4.69, 9.17) is 0 Å². The van der Waals surface area contributed by atoms with E-state index in [1.807, 2.05) is 6.07 Å². The predicted octanol–water partition coefficient (Wildman–Crippen LogP) is 4.63. The number of carbonyl (C=O) groups excluding carboxylic acids is 1. The fraction of sp³-hybridized carbons (Fsp3) is 0.259. The highest BCUT2D eigenvalue weighted by Crippen LogP contribution is 2.37. The average molecular weight is 472 g/mol. The van der Waals surface area contributed by atoms with Crippen LogP contribution in [0.3, 0.4) is 0 Å². The van der Waals surface area contributed by atoms with Crippen molar-refractivity contribution in [3.8, 4) is 11.3 Å². The van der Waals surface area contributed by atoms with Crippen LogP contribution in [0.1, 0.15) is 22.3 Å². The SMILES string of the molecule is Cc1ccc(-c2ccccn2)c(C(=O)N2CC[C@H]3CN(c4cnc5cccc(F)c5n4)[C@H]3C2)c1F. The molecule has 0 spiro atoms. The van der Waals surface area contributed by atoms with Gasteiger partial charge in [-0.25, -0.2) is 13.8 Å². The lowest BCUT2D eigenvalue weighted by Crippen LogP contribution is -2.65. The first kappa shape index (κ1) is 21.6. The molecule has 0 aliphatic carbocycles. The molecule has 0 N–H and O–H groups in total. The zero-order chi connectivity index (χ0) is 24.1. The lowest BCUT2D eigenvalue weighted by molar-refractivity contribution is 0.0587. The number of hydrogen-bond donors (Lipinski definition) is 0. The largest absolute Gasteiger partial charge is 0.350 e. The quantitative estimate of drug-likeness (QED) is 0.436. The average Bonchev–Trinajstić information content (AvgIpc) is 2.87. The summed E-state index contributed by atoms with van der Waals surface area (Å²) in [4.78, 5) is 30.7. The van der Waals surface area contributed by atoms with E-state index in [1.165, 1.54) is 6.07 Å². The molecule has 4 aromatic rings. The third-order valence-electron chi connectivity index (χ3n) is 7.14. The molecule has 2 aliphatic heterocycles. The highest BCUT2D eigenvalue weighted by atomic mass is 19.1. The summed E-state index contributed by atoms with van der Waals surface area (Å²) in [7, 11) is 0. The van der Waals surface area contributed by atoms with Gasteiger partial charge in [-0.3, -0.25) is 14.8 Å². The summed E-state index contributed by atoms with van der Waals surface area (Å²) >= 11 is 0. The second-order valence-electron chi connectivity index (χ2n) is 9.19. The molecule has 0 bridgehead atoms. The number of nitrogens with zero attached hydrogens (tertiary/aromatic N) is 5. The second kappa shape index (κ2) is 8.37. The fourth-order valence-electron chi connectivity index (χ4n) is 5.16. The number of piperidine rings is 1. The van der Waals surface area contributed by atoms with Crippen LogP contribution in [0.25, 0.3) is 22.3 Å². The van der Waals surface area contributed by atoms with E-state index in [0.29, 0.717) is 47.2 Å². The number of halogens is 2. The molecule has 0 saturated carbocycles. The van der Waals surface area contributed by atoms with E-state index in [1.54, 1.807) is 60.6 Å². The van der Waals surface area contributed by atoms with Gasteiger partial charge in [0.2, 0.25) is 0 Å². The number of rotatable bonds is 3. The number of aryl methyl sites for hydroxylation is 1. The molecule has 8 heteroatoms. The van der Waals surface area contributed by atoms with Crippen LogP contribution < -0.4 is 4.90 Å². The summed E-state index contributed by atoms with van der Waals surface area (Å²) in [5.74, 6) is -0.274. The van der Waals surface area contributed by atoms with Crippen molar-refractivity contribution < 1.29 is 13.6 Å². The molecule has 0 radical (unpaired) electrons. The van der Waals surface area contributed by atoms with Crippen LogP contribution in [0.2, 0.25) is 0 Å². The lowest BCUT2D eigenvalue weighted by atomic mass is 9.82. The monoisotopic (exact) mass is 471 g/mol. The van der Waals surface area contributed by atoms with E-state index in [9.17, 15) is 9.18 Å². The zero-order valence-corrected chi connectivity index (χ0v) is 19.2. The molecule has 176 valence electrons. The normalized spacial score (nSPS) is 19.4. The van der Waals surface area contributed by atoms with Gasteiger partial charge in [0.25, 0.3) is 5.91 Å². The van der Waals surface area contributed by atoms with Gasteiger partial charge in [0.1, 0.15) is 17.2 Å². The van der Waals surface area contributed by atoms with Crippen molar-refractivity contribution in [2.75, 3.05) is 24.5 Å². The number of anilines is 1. The Hall–Kier alpha value is -3.94. The number of fused-ring (bicyclic) bond motifs is 2. The molecule has 0 unspecified atom stereocenters. The summed E-state index contributed by atoms with van der Waals surface area (Å²) in [5, 5.41) is 0. The zero-order valence-electron chi connectivity index (χ0n) is 19.2. The summed E-state index contributed by atoms with van der Waals surface area (Å²) in [5.41, 5.74) is 2.26. The number of pyridine rings is 1. The molecule has 2 aromatic carbocycles. The second-order valence-corrected chi connectivity index (χ2v) is 9.19. The van der Waals surface area contributed by atoms with Gasteiger partial charge in [0.05, 0.1) is 29.0 Å². The van der Waals surface area contributed by atoms with Gasteiger partial charge < -0.3 is 9.80 Å². The minimum atomic E-state index is -0.512. The van der Waals surface area contributed by atoms with E-state index in [-0.39, 0.29) is 23.0 Å². The van der Waals surface area contributed by atoms with Crippen LogP contribution in [-0.4, -0.2) is 51.4 Å². The maximum Gasteiger partial charge on any atom is 0.257 e. The number of carbonyl (C=O) groups is 1. The molecule has 4 heterocycles. The molecule has 2 aromatic heterocycles. The minimum absolute atomic E-state index is 0.0254. The van der Waals surface area contributed by atoms with Crippen molar-refractivity contribution in [3.63, 3.8) is 0 Å². The van der Waals surface area contributed by atoms with Crippen LogP contribution in [0.5, 0.6) is 0 Å². The third-order valence-corrected chi connectivity index (χ3v) is 7.14. The van der Waals surface area contributed by atoms with Crippen molar-refractivity contribution in [2.24, 2.45) is 5.92 Å². The molecule has 35 heavy (non-hydrogen) atoms. The van der Waals surface area contributed by atoms with Crippen LogP contribution in [0.4, 0.5) is 14.6 Å². The van der Waals surface area contributed by atoms with Crippen molar-refractivity contribution in [2.45, 2.75) is 19.4 Å². The van der Waals surface area contributed by atoms with E-state index in [0.717, 1.165) is 13.0 Å². The van der Waals surface area contributed by atoms with Crippen LogP contribution in [0, 0.1) is 24.5 Å². The standard InChI is InChI=1S/C27H23F2N5O/c1-16-8-9-18(20-6-2-3-11-30-20)24(25(16)29)27(35)33-12-10-17-14-34(22(17)15-33)23-13-31-21-7-4-5-19(28)26(21)32-23/h2-9,11,13,17,22H,10,12,14-15H2,1H3/t17-,22-/m0/s1. The molecule has 1 amide bonds. The van der Waals surface area contributed by atoms with Crippen molar-refractivity contribution in [1.82, 2.24) is 19.9 Å². The number of aromatic nitrogens is 3. The van der Waals surface area contributed by atoms with E-state index >= 15 is 4.39 Å². The number of amides is 1. The van der Waals surface area contributed by atoms with Crippen LogP contribution in [-0.2, 0) is 0 Å². The smallest absolute Gasteiger partial charge is 0.257 e. The Kier molecular flexibility index (Phi) is 5.16. The Morgan fingerprint density at radius 2 is 1.91 bits per heavy atom. The Balaban J connectivity index is 1.30. The van der Waals surface area contributed by atoms with Crippen LogP contribution >= 0.6 is 0 Å². The Morgan fingerprint density at radius 1 is 1.03 bits per heavy atom. The number of likely N-dealkylation sites (tertiary alicyclic amines) is 1. The van der Waals surface area contributed by atoms with Gasteiger partial charge in [-0.15, -0.1) is 0 Å². The minimum Gasteiger partial charge on any atom is -0.350 e. The lowest BCUT2D eigenvalue weighted by Gasteiger charge is -2.54. The summed E-state index contributed by atoms with van der Waals surface area (Å²) in [6.07, 6.45) is 4.10. The Morgan fingerprint density at radius 3 is 2.74 bits per heavy atom. The van der Waals surface area contributed by atoms with Crippen LogP contribution in [0.15, 0.2) is 60.9 Å². The van der Waals surface area contributed by atoms with E-state index < -0.39 is 11.6 Å². The molecular weight excluding hydrogens is 448 g/mol. The maximum absolute atomic E-state index is 15.3. The van der Waals surface area contributed by atoms with Gasteiger partial charge in [0, 0.05) is 37.3 Å². The molecule has 6 rings (SSSR count). The Labute approximate surface area is 201 Å². The molecule has 2 saturated heterocycles. The number of para-hydroxylation sites is 1. The number of hydrogen-bond acceptors (Lipinski definition) is 5. The first-order chi connectivity index (χ1) is 17.0. The molecule has 2 atom stereocenters. The topological polar surface area (TPSA) is 62.2 Å². The summed E-state index contributed by atoms with van der Waals surface area (Å²) in [6.45, 7) is 3.43. The van der Waals surface area contributed by atoms with Gasteiger partial charge in [0.15, 0.2) is 5.82 Å². The van der Waals surface area contributed by atoms with Crippen molar-refractivity contribution in [1.29, 1.82) is 0 Å². The summed E-state index contributed by atoms with van der Waals surface area (Å²) < 4.78 is 29.6. The summed E-state index contributed by atoms with van der Waals surface area (Å²) in [6, 6.07) is 13.5. The first-order valence-electron chi connectivity index (χ1n) is 11.7. The van der Waals surface area contributed by atoms with Crippen molar-refractivity contribution in [3.05, 3.63) is 83.7 Å². The van der Waals surface area contributed by atoms with Gasteiger partial charge in [-0.1, -0.05) is 24.3 Å². The predicted molar refractivity (Wildman–Crippen MR) is 129 cm³/mol. The van der Waals surface area contributed by atoms with Gasteiger partial charge in [-0.05, 0) is 43.2 Å². The molecule has 2 fully saturated rings. The number of benzene rings is 2. The molecule has 2 aliphatic rings. The van der Waals surface area contributed by atoms with E-state index in [2.05, 4.69) is 19.9 Å². The first-order valence-corrected chi connectivity index (χ1v) is 11.7. The Bertz CT molecular complexity index is 1440. The highest BCUT2D eigenvalue weighted by molar-refractivity contribution is 6.01. The third kappa shape index (κ3) is 3.60.